The number of hydrogen-bond donors (Lipinski definition) is 3. The number of benzene rings is 2. The van der Waals surface area contributed by atoms with Crippen LogP contribution in [0.15, 0.2) is 47.6 Å². The van der Waals surface area contributed by atoms with E-state index in [2.05, 4.69) is 5.11 Å². The number of nitrogen functional groups attached to an aromatic ring is 1. The van der Waals surface area contributed by atoms with Crippen LogP contribution in [-0.4, -0.2) is 5.11 Å². The van der Waals surface area contributed by atoms with E-state index in [1.165, 1.54) is 6.07 Å². The van der Waals surface area contributed by atoms with Gasteiger partial charge in [-0.3, -0.25) is 0 Å². The van der Waals surface area contributed by atoms with Crippen molar-refractivity contribution >= 4 is 11.4 Å². The maximum Gasteiger partial charge on any atom is 0.125 e. The van der Waals surface area contributed by atoms with E-state index >= 15 is 0 Å². The first kappa shape index (κ1) is 10.2. The van der Waals surface area contributed by atoms with Gasteiger partial charge < -0.3 is 10.8 Å². The Morgan fingerprint density at radius 2 is 1.75 bits per heavy atom. The van der Waals surface area contributed by atoms with Gasteiger partial charge in [0.15, 0.2) is 0 Å². The van der Waals surface area contributed by atoms with Crippen molar-refractivity contribution in [1.82, 2.24) is 0 Å². The average molecular weight is 213 g/mol. The summed E-state index contributed by atoms with van der Waals surface area (Å²) in [7, 11) is 0. The first-order valence-electron chi connectivity index (χ1n) is 4.77. The van der Waals surface area contributed by atoms with Gasteiger partial charge in [0.1, 0.15) is 5.75 Å². The predicted molar refractivity (Wildman–Crippen MR) is 62.8 cm³/mol. The second-order valence-electron chi connectivity index (χ2n) is 3.44. The molecule has 0 bridgehead atoms. The molecule has 0 spiro atoms. The Labute approximate surface area is 92.9 Å². The molecule has 0 aliphatic carbocycles. The van der Waals surface area contributed by atoms with E-state index in [9.17, 15) is 5.11 Å². The van der Waals surface area contributed by atoms with Gasteiger partial charge in [-0.25, -0.2) is 5.53 Å². The van der Waals surface area contributed by atoms with Crippen LogP contribution in [-0.2, 0) is 0 Å². The van der Waals surface area contributed by atoms with Gasteiger partial charge in [0, 0.05) is 17.3 Å². The number of anilines is 1. The summed E-state index contributed by atoms with van der Waals surface area (Å²) in [5.41, 5.74) is 15.1. The monoisotopic (exact) mass is 213 g/mol. The molecule has 80 valence electrons. The standard InChI is InChI=1S/C12H11N3O/c13-9-3-6-11(12(16)7-9)8-1-4-10(15-14)5-2-8/h1-7,14,16H,13H2. The largest absolute Gasteiger partial charge is 0.507 e. The molecule has 2 rings (SSSR count). The van der Waals surface area contributed by atoms with Crippen molar-refractivity contribution in [3.8, 4) is 16.9 Å². The normalized spacial score (nSPS) is 10.0. The minimum absolute atomic E-state index is 0.149. The van der Waals surface area contributed by atoms with Gasteiger partial charge in [0.25, 0.3) is 0 Å². The van der Waals surface area contributed by atoms with Crippen LogP contribution in [0.4, 0.5) is 11.4 Å². The zero-order valence-electron chi connectivity index (χ0n) is 8.51. The minimum Gasteiger partial charge on any atom is -0.507 e. The number of nitrogens with one attached hydrogen (secondary N) is 1. The van der Waals surface area contributed by atoms with Crippen molar-refractivity contribution in [3.63, 3.8) is 0 Å². The fraction of sp³-hybridized carbons (Fsp3) is 0. The SMILES string of the molecule is N=Nc1ccc(-c2ccc(N)cc2O)cc1. The van der Waals surface area contributed by atoms with Gasteiger partial charge in [-0.15, -0.1) is 0 Å². The number of hydrogen-bond acceptors (Lipinski definition) is 4. The molecule has 0 aliphatic heterocycles. The Balaban J connectivity index is 2.46. The average Bonchev–Trinajstić information content (AvgIpc) is 2.29. The summed E-state index contributed by atoms with van der Waals surface area (Å²) in [5, 5.41) is 13.0. The number of aromatic hydroxyl groups is 1. The molecular weight excluding hydrogens is 202 g/mol. The van der Waals surface area contributed by atoms with Crippen molar-refractivity contribution in [2.24, 2.45) is 5.11 Å². The quantitative estimate of drug-likeness (QED) is 0.528. The van der Waals surface area contributed by atoms with E-state index < -0.39 is 0 Å². The van der Waals surface area contributed by atoms with Crippen LogP contribution in [0, 0.1) is 5.53 Å². The van der Waals surface area contributed by atoms with Crippen LogP contribution in [0.3, 0.4) is 0 Å². The highest BCUT2D eigenvalue weighted by atomic mass is 16.3. The van der Waals surface area contributed by atoms with Crippen LogP contribution in [0.1, 0.15) is 0 Å². The zero-order chi connectivity index (χ0) is 11.5. The van der Waals surface area contributed by atoms with Crippen molar-refractivity contribution in [1.29, 1.82) is 5.53 Å². The maximum absolute atomic E-state index is 9.73. The first-order chi connectivity index (χ1) is 7.70. The van der Waals surface area contributed by atoms with E-state index in [1.54, 1.807) is 36.4 Å². The third-order valence-corrected chi connectivity index (χ3v) is 2.33. The topological polar surface area (TPSA) is 82.5 Å². The van der Waals surface area contributed by atoms with Crippen LogP contribution >= 0.6 is 0 Å². The molecule has 0 fully saturated rings. The van der Waals surface area contributed by atoms with Gasteiger partial charge in [0.05, 0.1) is 5.69 Å². The third kappa shape index (κ3) is 1.86. The first-order valence-corrected chi connectivity index (χ1v) is 4.77. The molecule has 4 nitrogen and oxygen atoms in total. The molecule has 0 amide bonds. The number of rotatable bonds is 2. The molecule has 0 saturated carbocycles. The molecule has 2 aromatic carbocycles. The molecule has 4 N–H and O–H groups in total. The van der Waals surface area contributed by atoms with Crippen molar-refractivity contribution in [3.05, 3.63) is 42.5 Å². The third-order valence-electron chi connectivity index (χ3n) is 2.33. The van der Waals surface area contributed by atoms with E-state index in [4.69, 9.17) is 11.3 Å². The molecule has 0 saturated heterocycles. The summed E-state index contributed by atoms with van der Waals surface area (Å²) in [6.07, 6.45) is 0. The van der Waals surface area contributed by atoms with E-state index in [0.717, 1.165) is 5.56 Å². The van der Waals surface area contributed by atoms with Gasteiger partial charge in [-0.2, -0.15) is 5.11 Å². The highest BCUT2D eigenvalue weighted by molar-refractivity contribution is 5.73. The summed E-state index contributed by atoms with van der Waals surface area (Å²) in [6.45, 7) is 0. The minimum atomic E-state index is 0.149. The molecule has 0 aromatic heterocycles. The van der Waals surface area contributed by atoms with E-state index in [1.807, 2.05) is 0 Å². The van der Waals surface area contributed by atoms with Gasteiger partial charge >= 0.3 is 0 Å². The number of phenols is 1. The molecular formula is C12H11N3O. The number of nitrogens with zero attached hydrogens (tertiary/aromatic N) is 1. The molecule has 0 radical (unpaired) electrons. The van der Waals surface area contributed by atoms with E-state index in [0.29, 0.717) is 16.9 Å². The highest BCUT2D eigenvalue weighted by Crippen LogP contribution is 2.31. The summed E-state index contributed by atoms with van der Waals surface area (Å²) < 4.78 is 0. The molecule has 0 heterocycles. The zero-order valence-corrected chi connectivity index (χ0v) is 8.51. The Kier molecular flexibility index (Phi) is 2.55. The molecule has 0 aliphatic rings. The lowest BCUT2D eigenvalue weighted by Gasteiger charge is -2.05. The lowest BCUT2D eigenvalue weighted by molar-refractivity contribution is 0.477. The Morgan fingerprint density at radius 3 is 2.31 bits per heavy atom. The highest BCUT2D eigenvalue weighted by Gasteiger charge is 2.04. The van der Waals surface area contributed by atoms with Crippen LogP contribution < -0.4 is 5.73 Å². The lowest BCUT2D eigenvalue weighted by atomic mass is 10.0. The predicted octanol–water partition coefficient (Wildman–Crippen LogP) is 3.30. The van der Waals surface area contributed by atoms with Gasteiger partial charge in [-0.1, -0.05) is 12.1 Å². The van der Waals surface area contributed by atoms with Crippen LogP contribution in [0.2, 0.25) is 0 Å². The second kappa shape index (κ2) is 4.02. The molecule has 0 atom stereocenters. The molecule has 16 heavy (non-hydrogen) atoms. The smallest absolute Gasteiger partial charge is 0.125 e. The summed E-state index contributed by atoms with van der Waals surface area (Å²) in [4.78, 5) is 0. The van der Waals surface area contributed by atoms with Crippen molar-refractivity contribution in [2.45, 2.75) is 0 Å². The van der Waals surface area contributed by atoms with Crippen molar-refractivity contribution in [2.75, 3.05) is 5.73 Å². The van der Waals surface area contributed by atoms with Crippen LogP contribution in [0.25, 0.3) is 11.1 Å². The Bertz CT molecular complexity index is 520. The molecule has 4 heteroatoms. The summed E-state index contributed by atoms with van der Waals surface area (Å²) >= 11 is 0. The van der Waals surface area contributed by atoms with E-state index in [-0.39, 0.29) is 5.75 Å². The van der Waals surface area contributed by atoms with Crippen LogP contribution in [0.5, 0.6) is 5.75 Å². The van der Waals surface area contributed by atoms with Gasteiger partial charge in [-0.05, 0) is 29.8 Å². The van der Waals surface area contributed by atoms with Crippen molar-refractivity contribution < 1.29 is 5.11 Å². The maximum atomic E-state index is 9.73. The summed E-state index contributed by atoms with van der Waals surface area (Å²) in [6, 6.07) is 12.1. The number of phenolic OH excluding ortho intramolecular Hbond substituents is 1. The fourth-order valence-electron chi connectivity index (χ4n) is 1.51. The number of nitrogens with two attached hydrogens (primary N) is 1. The fourth-order valence-corrected chi connectivity index (χ4v) is 1.51. The summed E-state index contributed by atoms with van der Waals surface area (Å²) in [5.74, 6) is 0.149. The Morgan fingerprint density at radius 1 is 1.06 bits per heavy atom. The Hall–Kier alpha value is -2.36. The van der Waals surface area contributed by atoms with Gasteiger partial charge in [0.2, 0.25) is 0 Å². The second-order valence-corrected chi connectivity index (χ2v) is 3.44. The lowest BCUT2D eigenvalue weighted by Crippen LogP contribution is -1.85. The molecule has 2 aromatic rings. The molecule has 0 unspecified atom stereocenters.